The molecule has 0 radical (unpaired) electrons. The van der Waals surface area contributed by atoms with Gasteiger partial charge in [-0.15, -0.1) is 4.40 Å². The lowest BCUT2D eigenvalue weighted by Crippen LogP contribution is -2.25. The van der Waals surface area contributed by atoms with Crippen LogP contribution in [0.15, 0.2) is 86.2 Å². The highest BCUT2D eigenvalue weighted by Crippen LogP contribution is 2.25. The highest BCUT2D eigenvalue weighted by atomic mass is 35.5. The molecule has 0 spiro atoms. The van der Waals surface area contributed by atoms with Gasteiger partial charge in [0.25, 0.3) is 15.7 Å². The van der Waals surface area contributed by atoms with E-state index in [1.807, 2.05) is 17.0 Å². The number of rotatable bonds is 3. The van der Waals surface area contributed by atoms with Gasteiger partial charge in [-0.2, -0.15) is 8.42 Å². The Kier molecular flexibility index (Phi) is 4.77. The Hall–Kier alpha value is -3.30. The second-order valence-electron chi connectivity index (χ2n) is 6.24. The molecule has 146 valence electrons. The molecule has 10 heteroatoms. The molecule has 0 atom stereocenters. The molecule has 2 aliphatic heterocycles. The van der Waals surface area contributed by atoms with E-state index in [0.717, 1.165) is 29.8 Å². The number of sulfonamides is 1. The van der Waals surface area contributed by atoms with Crippen molar-refractivity contribution < 1.29 is 13.3 Å². The second-order valence-corrected chi connectivity index (χ2v) is 8.28. The van der Waals surface area contributed by atoms with Gasteiger partial charge in [0.05, 0.1) is 14.9 Å². The summed E-state index contributed by atoms with van der Waals surface area (Å²) in [5, 5.41) is 11.3. The molecule has 0 aliphatic carbocycles. The average Bonchev–Trinajstić information content (AvgIpc) is 2.84. The summed E-state index contributed by atoms with van der Waals surface area (Å²) in [4.78, 5) is 16.3. The van der Waals surface area contributed by atoms with Crippen molar-refractivity contribution >= 4 is 39.0 Å². The first-order valence-corrected chi connectivity index (χ1v) is 10.2. The molecule has 4 rings (SSSR count). The number of nitro groups is 1. The van der Waals surface area contributed by atoms with E-state index in [-0.39, 0.29) is 16.4 Å². The summed E-state index contributed by atoms with van der Waals surface area (Å²) in [5.74, 6) is 0.538. The maximum absolute atomic E-state index is 12.8. The van der Waals surface area contributed by atoms with E-state index >= 15 is 0 Å². The van der Waals surface area contributed by atoms with Crippen LogP contribution in [0.25, 0.3) is 0 Å². The van der Waals surface area contributed by atoms with Crippen LogP contribution in [0.4, 0.5) is 5.69 Å². The third kappa shape index (κ3) is 3.82. The molecule has 0 saturated heterocycles. The molecule has 0 saturated carbocycles. The number of non-ortho nitro benzene ring substituents is 1. The fourth-order valence-corrected chi connectivity index (χ4v) is 4.07. The van der Waals surface area contributed by atoms with Crippen molar-refractivity contribution in [2.45, 2.75) is 11.4 Å². The van der Waals surface area contributed by atoms with Crippen LogP contribution in [0, 0.1) is 10.1 Å². The van der Waals surface area contributed by atoms with Gasteiger partial charge in [-0.25, -0.2) is 4.99 Å². The van der Waals surface area contributed by atoms with E-state index in [2.05, 4.69) is 9.39 Å². The molecule has 2 aromatic rings. The van der Waals surface area contributed by atoms with E-state index in [9.17, 15) is 18.5 Å². The lowest BCUT2D eigenvalue weighted by atomic mass is 10.1. The largest absolute Gasteiger partial charge is 0.327 e. The van der Waals surface area contributed by atoms with E-state index in [1.54, 1.807) is 30.5 Å². The number of benzene rings is 2. The van der Waals surface area contributed by atoms with E-state index in [0.29, 0.717) is 23.0 Å². The zero-order valence-electron chi connectivity index (χ0n) is 14.8. The maximum Gasteiger partial charge on any atom is 0.284 e. The SMILES string of the molecule is O=[N+]([O-])c1ccc(S(=O)(=O)/N=C2\N=C3C=CC(Cl)=CN3Cc3ccccc32)cc1. The number of fused-ring (bicyclic) bond motifs is 2. The molecule has 0 N–H and O–H groups in total. The number of hydrogen-bond acceptors (Lipinski definition) is 5. The highest BCUT2D eigenvalue weighted by molar-refractivity contribution is 7.90. The Morgan fingerprint density at radius 1 is 1.10 bits per heavy atom. The van der Waals surface area contributed by atoms with Crippen LogP contribution in [-0.4, -0.2) is 29.9 Å². The number of nitro benzene ring substituents is 1. The molecule has 0 fully saturated rings. The van der Waals surface area contributed by atoms with Gasteiger partial charge in [0.1, 0.15) is 5.84 Å². The van der Waals surface area contributed by atoms with Crippen LogP contribution in [0.2, 0.25) is 0 Å². The van der Waals surface area contributed by atoms with Crippen LogP contribution >= 0.6 is 11.6 Å². The zero-order valence-corrected chi connectivity index (χ0v) is 16.3. The summed E-state index contributed by atoms with van der Waals surface area (Å²) in [5.41, 5.74) is 1.21. The lowest BCUT2D eigenvalue weighted by Gasteiger charge is -2.21. The molecule has 2 aliphatic rings. The number of halogens is 1. The van der Waals surface area contributed by atoms with Crippen molar-refractivity contribution in [3.8, 4) is 0 Å². The number of nitrogens with zero attached hydrogens (tertiary/aromatic N) is 4. The minimum Gasteiger partial charge on any atom is -0.327 e. The molecule has 0 bridgehead atoms. The van der Waals surface area contributed by atoms with Gasteiger partial charge in [0, 0.05) is 30.4 Å². The lowest BCUT2D eigenvalue weighted by molar-refractivity contribution is -0.384. The third-order valence-electron chi connectivity index (χ3n) is 4.34. The van der Waals surface area contributed by atoms with E-state index < -0.39 is 14.9 Å². The van der Waals surface area contributed by atoms with E-state index in [4.69, 9.17) is 11.6 Å². The minimum atomic E-state index is -4.14. The summed E-state index contributed by atoms with van der Waals surface area (Å²) >= 11 is 6.08. The molecular weight excluding hydrogens is 416 g/mol. The number of hydrogen-bond donors (Lipinski definition) is 0. The fourth-order valence-electron chi connectivity index (χ4n) is 2.94. The van der Waals surface area contributed by atoms with Crippen molar-refractivity contribution in [3.63, 3.8) is 0 Å². The summed E-state index contributed by atoms with van der Waals surface area (Å²) in [6.45, 7) is 0.451. The number of aliphatic imine (C=N–C) groups is 1. The van der Waals surface area contributed by atoms with Gasteiger partial charge >= 0.3 is 0 Å². The van der Waals surface area contributed by atoms with Crippen molar-refractivity contribution in [2.24, 2.45) is 9.39 Å². The highest BCUT2D eigenvalue weighted by Gasteiger charge is 2.24. The summed E-state index contributed by atoms with van der Waals surface area (Å²) in [7, 11) is -4.14. The Bertz CT molecular complexity index is 1230. The Morgan fingerprint density at radius 2 is 1.83 bits per heavy atom. The maximum atomic E-state index is 12.8. The quantitative estimate of drug-likeness (QED) is 0.548. The van der Waals surface area contributed by atoms with Gasteiger partial charge in [-0.3, -0.25) is 10.1 Å². The molecule has 8 nitrogen and oxygen atoms in total. The van der Waals surface area contributed by atoms with Crippen LogP contribution in [0.5, 0.6) is 0 Å². The van der Waals surface area contributed by atoms with Gasteiger partial charge in [0.2, 0.25) is 0 Å². The molecule has 2 aromatic carbocycles. The molecule has 0 aromatic heterocycles. The molecule has 29 heavy (non-hydrogen) atoms. The van der Waals surface area contributed by atoms with Crippen LogP contribution in [0.1, 0.15) is 11.1 Å². The van der Waals surface area contributed by atoms with E-state index in [1.165, 1.54) is 0 Å². The van der Waals surface area contributed by atoms with Crippen molar-refractivity contribution in [2.75, 3.05) is 0 Å². The summed E-state index contributed by atoms with van der Waals surface area (Å²) in [6.07, 6.45) is 5.06. The third-order valence-corrected chi connectivity index (χ3v) is 5.84. The zero-order chi connectivity index (χ0) is 20.6. The summed E-state index contributed by atoms with van der Waals surface area (Å²) in [6, 6.07) is 11.8. The second kappa shape index (κ2) is 7.26. The Balaban J connectivity index is 1.83. The molecule has 0 amide bonds. The Morgan fingerprint density at radius 3 is 2.55 bits per heavy atom. The predicted octanol–water partition coefficient (Wildman–Crippen LogP) is 3.59. The molecule has 0 unspecified atom stereocenters. The predicted molar refractivity (Wildman–Crippen MR) is 109 cm³/mol. The topological polar surface area (TPSA) is 105 Å². The monoisotopic (exact) mass is 428 g/mol. The Labute approximate surface area is 171 Å². The minimum absolute atomic E-state index is 0.0347. The van der Waals surface area contributed by atoms with Crippen LogP contribution in [0.3, 0.4) is 0 Å². The first-order valence-electron chi connectivity index (χ1n) is 8.42. The molecular formula is C19H13ClN4O4S. The normalized spacial score (nSPS) is 17.1. The number of allylic oxidation sites excluding steroid dienone is 2. The summed E-state index contributed by atoms with van der Waals surface area (Å²) < 4.78 is 29.6. The average molecular weight is 429 g/mol. The van der Waals surface area contributed by atoms with Crippen LogP contribution < -0.4 is 0 Å². The van der Waals surface area contributed by atoms with Crippen LogP contribution in [-0.2, 0) is 16.6 Å². The number of amidine groups is 2. The first kappa shape index (κ1) is 19.0. The fraction of sp³-hybridized carbons (Fsp3) is 0.0526. The van der Waals surface area contributed by atoms with Crippen molar-refractivity contribution in [1.29, 1.82) is 0 Å². The van der Waals surface area contributed by atoms with Gasteiger partial charge in [-0.1, -0.05) is 35.9 Å². The standard InChI is InChI=1S/C19H13ClN4O4S/c20-14-5-10-18-21-19(17-4-2-1-3-13(17)11-23(18)12-14)22-29(27,28)16-8-6-15(7-9-16)24(25)26/h1-10,12H,11H2/b22-19-. The van der Waals surface area contributed by atoms with Crippen molar-refractivity contribution in [3.05, 3.63) is 93.2 Å². The van der Waals surface area contributed by atoms with Gasteiger partial charge in [0.15, 0.2) is 5.84 Å². The van der Waals surface area contributed by atoms with Crippen molar-refractivity contribution in [1.82, 2.24) is 4.90 Å². The molecule has 2 heterocycles. The smallest absolute Gasteiger partial charge is 0.284 e. The van der Waals surface area contributed by atoms with Gasteiger partial charge in [-0.05, 0) is 29.8 Å². The van der Waals surface area contributed by atoms with Gasteiger partial charge < -0.3 is 4.90 Å². The first-order chi connectivity index (χ1) is 13.8.